The number of esters is 1. The number of hydrogen-bond donors (Lipinski definition) is 0. The van der Waals surface area contributed by atoms with Crippen molar-refractivity contribution in [2.45, 2.75) is 6.42 Å². The Morgan fingerprint density at radius 2 is 2.08 bits per heavy atom. The molecule has 1 aromatic heterocycles. The summed E-state index contributed by atoms with van der Waals surface area (Å²) in [6.45, 7) is 0.412. The normalized spacial score (nSPS) is 21.0. The quantitative estimate of drug-likeness (QED) is 0.792. The van der Waals surface area contributed by atoms with E-state index < -0.39 is 5.97 Å². The number of pyridine rings is 1. The Kier molecular flexibility index (Phi) is 2.91. The maximum Gasteiger partial charge on any atom is 0.344 e. The molecule has 5 heteroatoms. The molecule has 2 aromatic rings. The number of fused-ring (bicyclic) bond motifs is 2. The van der Waals surface area contributed by atoms with Crippen LogP contribution in [0, 0.1) is 5.92 Å². The van der Waals surface area contributed by atoms with E-state index in [1.54, 1.807) is 12.3 Å². The molecule has 0 saturated carbocycles. The summed E-state index contributed by atoms with van der Waals surface area (Å²) in [4.78, 5) is 30.7. The fourth-order valence-electron chi connectivity index (χ4n) is 3.64. The van der Waals surface area contributed by atoms with Crippen LogP contribution < -0.4 is 0 Å². The zero-order chi connectivity index (χ0) is 17.0. The van der Waals surface area contributed by atoms with Crippen LogP contribution in [0.3, 0.4) is 0 Å². The molecule has 1 saturated heterocycles. The minimum absolute atomic E-state index is 0.0381. The Morgan fingerprint density at radius 3 is 2.92 bits per heavy atom. The van der Waals surface area contributed by atoms with Crippen molar-refractivity contribution in [1.82, 2.24) is 9.88 Å². The molecule has 122 valence electrons. The first-order valence-electron chi connectivity index (χ1n) is 8.19. The molecule has 1 aromatic carbocycles. The van der Waals surface area contributed by atoms with E-state index in [-0.39, 0.29) is 11.7 Å². The van der Waals surface area contributed by atoms with Crippen molar-refractivity contribution in [2.75, 3.05) is 6.54 Å². The van der Waals surface area contributed by atoms with Crippen LogP contribution in [0.5, 0.6) is 0 Å². The predicted octanol–water partition coefficient (Wildman–Crippen LogP) is 2.96. The minimum atomic E-state index is -0.404. The molecule has 0 radical (unpaired) electrons. The molecule has 6 rings (SSSR count). The molecule has 0 N–H and O–H groups in total. The van der Waals surface area contributed by atoms with E-state index in [2.05, 4.69) is 4.98 Å². The summed E-state index contributed by atoms with van der Waals surface area (Å²) in [6, 6.07) is 9.16. The van der Waals surface area contributed by atoms with Gasteiger partial charge in [-0.05, 0) is 18.2 Å². The zero-order valence-corrected chi connectivity index (χ0v) is 13.3. The van der Waals surface area contributed by atoms with Crippen molar-refractivity contribution in [3.63, 3.8) is 0 Å². The Bertz CT molecular complexity index is 1030. The van der Waals surface area contributed by atoms with Gasteiger partial charge < -0.3 is 9.64 Å². The highest BCUT2D eigenvalue weighted by Crippen LogP contribution is 2.39. The van der Waals surface area contributed by atoms with E-state index in [1.165, 1.54) is 0 Å². The van der Waals surface area contributed by atoms with Crippen LogP contribution >= 0.6 is 0 Å². The van der Waals surface area contributed by atoms with Gasteiger partial charge in [0.05, 0.1) is 17.6 Å². The SMILES string of the molecule is O=C(OC1=CC2=CC3CC(=C1)N2CC3=O)c1ccnc2ccccc12. The molecule has 1 atom stereocenters. The Hall–Kier alpha value is -3.21. The van der Waals surface area contributed by atoms with Crippen molar-refractivity contribution in [2.24, 2.45) is 5.92 Å². The van der Waals surface area contributed by atoms with Crippen molar-refractivity contribution >= 4 is 22.7 Å². The smallest absolute Gasteiger partial charge is 0.344 e. The van der Waals surface area contributed by atoms with Gasteiger partial charge in [0.1, 0.15) is 5.76 Å². The Labute approximate surface area is 143 Å². The molecule has 1 fully saturated rings. The van der Waals surface area contributed by atoms with Gasteiger partial charge in [-0.2, -0.15) is 0 Å². The van der Waals surface area contributed by atoms with E-state index in [4.69, 9.17) is 4.74 Å². The number of Topliss-reactive ketones (excluding diaryl/α,β-unsaturated/α-hetero) is 1. The molecule has 4 aliphatic heterocycles. The van der Waals surface area contributed by atoms with Crippen LogP contribution in [0.4, 0.5) is 0 Å². The van der Waals surface area contributed by atoms with Gasteiger partial charge >= 0.3 is 5.97 Å². The molecule has 4 bridgehead atoms. The summed E-state index contributed by atoms with van der Waals surface area (Å²) in [5.41, 5.74) is 3.23. The molecule has 0 spiro atoms. The average molecular weight is 330 g/mol. The summed E-state index contributed by atoms with van der Waals surface area (Å²) in [5.74, 6) is 0.316. The largest absolute Gasteiger partial charge is 0.423 e. The van der Waals surface area contributed by atoms with Crippen LogP contribution in [-0.2, 0) is 9.53 Å². The van der Waals surface area contributed by atoms with E-state index >= 15 is 0 Å². The summed E-state index contributed by atoms with van der Waals surface area (Å²) >= 11 is 0. The van der Waals surface area contributed by atoms with Gasteiger partial charge in [-0.25, -0.2) is 4.79 Å². The molecule has 4 aliphatic rings. The highest BCUT2D eigenvalue weighted by Gasteiger charge is 2.37. The lowest BCUT2D eigenvalue weighted by Crippen LogP contribution is -2.43. The molecular formula is C20H14N2O3. The lowest BCUT2D eigenvalue weighted by molar-refractivity contribution is -0.124. The van der Waals surface area contributed by atoms with Crippen LogP contribution in [0.1, 0.15) is 16.8 Å². The number of benzene rings is 1. The zero-order valence-electron chi connectivity index (χ0n) is 13.3. The Morgan fingerprint density at radius 1 is 1.20 bits per heavy atom. The van der Waals surface area contributed by atoms with E-state index in [1.807, 2.05) is 47.4 Å². The third-order valence-corrected chi connectivity index (χ3v) is 4.87. The van der Waals surface area contributed by atoms with Gasteiger partial charge in [-0.1, -0.05) is 18.2 Å². The standard InChI is InChI=1S/C20H14N2O3/c23-19-11-22-13-7-12(19)8-14(22)10-15(9-13)25-20(24)17-5-6-21-18-4-2-1-3-16(17)18/h1-7,9-10,12H,8,11H2. The summed E-state index contributed by atoms with van der Waals surface area (Å²) in [5, 5.41) is 0.770. The van der Waals surface area contributed by atoms with Crippen molar-refractivity contribution in [1.29, 1.82) is 0 Å². The van der Waals surface area contributed by atoms with Crippen LogP contribution in [0.2, 0.25) is 0 Å². The number of hydrogen-bond acceptors (Lipinski definition) is 5. The van der Waals surface area contributed by atoms with Crippen molar-refractivity contribution < 1.29 is 14.3 Å². The number of rotatable bonds is 2. The summed E-state index contributed by atoms with van der Waals surface area (Å²) < 4.78 is 5.62. The summed E-state index contributed by atoms with van der Waals surface area (Å²) in [6.07, 6.45) is 7.92. The second kappa shape index (κ2) is 5.14. The second-order valence-corrected chi connectivity index (χ2v) is 6.40. The number of carbonyl (C=O) groups excluding carboxylic acids is 2. The number of ketones is 1. The van der Waals surface area contributed by atoms with Gasteiger partial charge in [0.25, 0.3) is 0 Å². The lowest BCUT2D eigenvalue weighted by atomic mass is 9.85. The number of piperidine rings is 1. The molecule has 0 amide bonds. The van der Waals surface area contributed by atoms with Crippen molar-refractivity contribution in [3.05, 3.63) is 77.5 Å². The third kappa shape index (κ3) is 2.20. The van der Waals surface area contributed by atoms with E-state index in [9.17, 15) is 9.59 Å². The third-order valence-electron chi connectivity index (χ3n) is 4.87. The highest BCUT2D eigenvalue weighted by atomic mass is 16.5. The van der Waals surface area contributed by atoms with E-state index in [0.29, 0.717) is 24.3 Å². The van der Waals surface area contributed by atoms with Gasteiger partial charge in [0.2, 0.25) is 0 Å². The number of nitrogens with zero attached hydrogens (tertiary/aromatic N) is 2. The fraction of sp³-hybridized carbons (Fsp3) is 0.150. The molecule has 25 heavy (non-hydrogen) atoms. The Balaban J connectivity index is 1.47. The maximum absolute atomic E-state index is 12.7. The fourth-order valence-corrected chi connectivity index (χ4v) is 3.64. The number of para-hydroxylation sites is 1. The van der Waals surface area contributed by atoms with Gasteiger partial charge in [0.15, 0.2) is 5.78 Å². The molecule has 1 unspecified atom stereocenters. The van der Waals surface area contributed by atoms with Crippen molar-refractivity contribution in [3.8, 4) is 0 Å². The monoisotopic (exact) mass is 330 g/mol. The summed E-state index contributed by atoms with van der Waals surface area (Å²) in [7, 11) is 0. The molecule has 0 aliphatic carbocycles. The second-order valence-electron chi connectivity index (χ2n) is 6.40. The first kappa shape index (κ1) is 14.2. The predicted molar refractivity (Wildman–Crippen MR) is 91.2 cm³/mol. The number of allylic oxidation sites excluding steroid dienone is 4. The van der Waals surface area contributed by atoms with Crippen LogP contribution in [0.15, 0.2) is 71.9 Å². The first-order chi connectivity index (χ1) is 12.2. The molecule has 5 heterocycles. The topological polar surface area (TPSA) is 59.5 Å². The number of ether oxygens (including phenoxy) is 1. The average Bonchev–Trinajstić information content (AvgIpc) is 2.61. The first-order valence-corrected chi connectivity index (χ1v) is 8.19. The molecular weight excluding hydrogens is 316 g/mol. The van der Waals surface area contributed by atoms with Gasteiger partial charge in [-0.3, -0.25) is 9.78 Å². The maximum atomic E-state index is 12.7. The number of carbonyl (C=O) groups is 2. The van der Waals surface area contributed by atoms with Gasteiger partial charge in [-0.15, -0.1) is 0 Å². The highest BCUT2D eigenvalue weighted by molar-refractivity contribution is 6.03. The molecule has 5 nitrogen and oxygen atoms in total. The van der Waals surface area contributed by atoms with Gasteiger partial charge in [0, 0.05) is 47.5 Å². The van der Waals surface area contributed by atoms with Crippen LogP contribution in [0.25, 0.3) is 10.9 Å². The number of aromatic nitrogens is 1. The van der Waals surface area contributed by atoms with Crippen LogP contribution in [-0.4, -0.2) is 28.2 Å². The lowest BCUT2D eigenvalue weighted by Gasteiger charge is -2.41. The minimum Gasteiger partial charge on any atom is -0.423 e. The van der Waals surface area contributed by atoms with E-state index in [0.717, 1.165) is 22.3 Å².